The van der Waals surface area contributed by atoms with Crippen LogP contribution in [0.2, 0.25) is 0 Å². The van der Waals surface area contributed by atoms with Crippen molar-refractivity contribution in [1.29, 1.82) is 5.26 Å². The first-order valence-corrected chi connectivity index (χ1v) is 12.2. The average molecular weight is 497 g/mol. The highest BCUT2D eigenvalue weighted by Crippen LogP contribution is 2.35. The number of aromatic nitrogens is 4. The molecule has 0 saturated carbocycles. The summed E-state index contributed by atoms with van der Waals surface area (Å²) in [4.78, 5) is 22.8. The summed E-state index contributed by atoms with van der Waals surface area (Å²) in [6, 6.07) is 13.4. The van der Waals surface area contributed by atoms with Gasteiger partial charge < -0.3 is 14.4 Å². The smallest absolute Gasteiger partial charge is 0.410 e. The zero-order chi connectivity index (χ0) is 26.0. The van der Waals surface area contributed by atoms with E-state index in [1.807, 2.05) is 49.7 Å². The van der Waals surface area contributed by atoms with Crippen LogP contribution in [0.4, 0.5) is 4.79 Å². The Hall–Kier alpha value is -4.45. The molecule has 3 aromatic heterocycles. The SMILES string of the molecule is CC(C)(C)OC(=O)N1CCC[C@@H](n2nc(-c3ccc(Oc4ccncc4)cc3)c3cncc(C#N)c32)C1. The van der Waals surface area contributed by atoms with Crippen molar-refractivity contribution in [1.82, 2.24) is 24.6 Å². The number of nitriles is 1. The first-order chi connectivity index (χ1) is 17.8. The van der Waals surface area contributed by atoms with Gasteiger partial charge in [-0.05, 0) is 70.0 Å². The van der Waals surface area contributed by atoms with Gasteiger partial charge in [-0.2, -0.15) is 10.4 Å². The number of hydrogen-bond donors (Lipinski definition) is 0. The van der Waals surface area contributed by atoms with Gasteiger partial charge in [0.2, 0.25) is 0 Å². The van der Waals surface area contributed by atoms with Crippen molar-refractivity contribution in [2.75, 3.05) is 13.1 Å². The standard InChI is InChI=1S/C28H28N6O3/c1-28(2,3)37-27(35)33-14-4-5-21(18-33)34-26-20(15-29)16-31-17-24(26)25(32-34)19-6-8-22(9-7-19)36-23-10-12-30-13-11-23/h6-13,16-17,21H,4-5,14,18H2,1-3H3/t21-/m1/s1. The molecule has 0 spiro atoms. The minimum absolute atomic E-state index is 0.0960. The number of ether oxygens (including phenoxy) is 2. The third-order valence-corrected chi connectivity index (χ3v) is 6.14. The summed E-state index contributed by atoms with van der Waals surface area (Å²) in [6.45, 7) is 6.66. The largest absolute Gasteiger partial charge is 0.457 e. The zero-order valence-corrected chi connectivity index (χ0v) is 21.1. The molecule has 1 aliphatic rings. The molecule has 0 aliphatic carbocycles. The second kappa shape index (κ2) is 9.90. The first-order valence-electron chi connectivity index (χ1n) is 12.2. The van der Waals surface area contributed by atoms with Crippen LogP contribution in [-0.4, -0.2) is 49.4 Å². The normalized spacial score (nSPS) is 15.8. The third kappa shape index (κ3) is 5.23. The number of piperidine rings is 1. The van der Waals surface area contributed by atoms with E-state index in [1.54, 1.807) is 41.8 Å². The summed E-state index contributed by atoms with van der Waals surface area (Å²) in [5.74, 6) is 1.39. The molecule has 9 nitrogen and oxygen atoms in total. The van der Waals surface area contributed by atoms with E-state index in [1.165, 1.54) is 0 Å². The van der Waals surface area contributed by atoms with Gasteiger partial charge in [0, 0.05) is 48.8 Å². The maximum atomic E-state index is 12.8. The number of hydrogen-bond acceptors (Lipinski definition) is 7. The number of amides is 1. The van der Waals surface area contributed by atoms with Crippen molar-refractivity contribution in [3.63, 3.8) is 0 Å². The summed E-state index contributed by atoms with van der Waals surface area (Å²) in [5.41, 5.74) is 2.21. The Morgan fingerprint density at radius 1 is 1.05 bits per heavy atom. The van der Waals surface area contributed by atoms with Gasteiger partial charge in [-0.3, -0.25) is 14.6 Å². The number of benzene rings is 1. The molecule has 37 heavy (non-hydrogen) atoms. The molecule has 188 valence electrons. The topological polar surface area (TPSA) is 106 Å². The number of nitrogens with zero attached hydrogens (tertiary/aromatic N) is 6. The van der Waals surface area contributed by atoms with E-state index in [0.717, 1.165) is 35.0 Å². The summed E-state index contributed by atoms with van der Waals surface area (Å²) in [6.07, 6.45) is 7.97. The molecular weight excluding hydrogens is 468 g/mol. The van der Waals surface area contributed by atoms with Crippen LogP contribution >= 0.6 is 0 Å². The molecule has 4 aromatic rings. The number of carbonyl (C=O) groups is 1. The fourth-order valence-electron chi connectivity index (χ4n) is 4.51. The lowest BCUT2D eigenvalue weighted by atomic mass is 10.0. The maximum absolute atomic E-state index is 12.8. The van der Waals surface area contributed by atoms with Gasteiger partial charge in [-0.25, -0.2) is 4.79 Å². The number of pyridine rings is 2. The van der Waals surface area contributed by atoms with Crippen molar-refractivity contribution >= 4 is 17.0 Å². The quantitative estimate of drug-likeness (QED) is 0.355. The van der Waals surface area contributed by atoms with E-state index in [0.29, 0.717) is 30.2 Å². The van der Waals surface area contributed by atoms with Gasteiger partial charge >= 0.3 is 6.09 Å². The maximum Gasteiger partial charge on any atom is 0.410 e. The second-order valence-electron chi connectivity index (χ2n) is 10.0. The van der Waals surface area contributed by atoms with Crippen LogP contribution in [0.25, 0.3) is 22.2 Å². The number of likely N-dealkylation sites (tertiary alicyclic amines) is 1. The van der Waals surface area contributed by atoms with Crippen molar-refractivity contribution in [3.8, 4) is 28.8 Å². The lowest BCUT2D eigenvalue weighted by Crippen LogP contribution is -2.43. The molecule has 1 amide bonds. The molecular formula is C28H28N6O3. The minimum Gasteiger partial charge on any atom is -0.457 e. The summed E-state index contributed by atoms with van der Waals surface area (Å²) < 4.78 is 13.4. The summed E-state index contributed by atoms with van der Waals surface area (Å²) in [5, 5.41) is 15.6. The summed E-state index contributed by atoms with van der Waals surface area (Å²) in [7, 11) is 0. The van der Waals surface area contributed by atoms with Crippen LogP contribution in [0.3, 0.4) is 0 Å². The molecule has 1 saturated heterocycles. The number of carbonyl (C=O) groups excluding carboxylic acids is 1. The molecule has 0 bridgehead atoms. The van der Waals surface area contributed by atoms with Crippen molar-refractivity contribution < 1.29 is 14.3 Å². The van der Waals surface area contributed by atoms with Crippen LogP contribution < -0.4 is 4.74 Å². The molecule has 0 unspecified atom stereocenters. The highest BCUT2D eigenvalue weighted by Gasteiger charge is 2.31. The van der Waals surface area contributed by atoms with Crippen LogP contribution in [-0.2, 0) is 4.74 Å². The van der Waals surface area contributed by atoms with Crippen LogP contribution in [0.1, 0.15) is 45.2 Å². The van der Waals surface area contributed by atoms with Gasteiger partial charge in [-0.15, -0.1) is 0 Å². The molecule has 0 N–H and O–H groups in total. The molecule has 5 rings (SSSR count). The Morgan fingerprint density at radius 3 is 2.49 bits per heavy atom. The fraction of sp³-hybridized carbons (Fsp3) is 0.321. The molecule has 4 heterocycles. The Bertz CT molecular complexity index is 1450. The Morgan fingerprint density at radius 2 is 1.78 bits per heavy atom. The minimum atomic E-state index is -0.567. The first kappa shape index (κ1) is 24.3. The lowest BCUT2D eigenvalue weighted by molar-refractivity contribution is 0.0169. The monoisotopic (exact) mass is 496 g/mol. The van der Waals surface area contributed by atoms with Gasteiger partial charge in [0.1, 0.15) is 28.9 Å². The predicted molar refractivity (Wildman–Crippen MR) is 138 cm³/mol. The Kier molecular flexibility index (Phi) is 6.49. The van der Waals surface area contributed by atoms with E-state index >= 15 is 0 Å². The predicted octanol–water partition coefficient (Wildman–Crippen LogP) is 5.73. The summed E-state index contributed by atoms with van der Waals surface area (Å²) >= 11 is 0. The Balaban J connectivity index is 1.48. The molecule has 1 aliphatic heterocycles. The third-order valence-electron chi connectivity index (χ3n) is 6.14. The van der Waals surface area contributed by atoms with E-state index in [2.05, 4.69) is 16.0 Å². The van der Waals surface area contributed by atoms with Crippen LogP contribution in [0.15, 0.2) is 61.2 Å². The van der Waals surface area contributed by atoms with E-state index in [9.17, 15) is 10.1 Å². The average Bonchev–Trinajstić information content (AvgIpc) is 3.29. The lowest BCUT2D eigenvalue weighted by Gasteiger charge is -2.34. The van der Waals surface area contributed by atoms with Gasteiger partial charge in [0.15, 0.2) is 0 Å². The number of fused-ring (bicyclic) bond motifs is 1. The molecule has 9 heteroatoms. The molecule has 1 atom stereocenters. The molecule has 1 fully saturated rings. The van der Waals surface area contributed by atoms with Gasteiger partial charge in [-0.1, -0.05) is 0 Å². The van der Waals surface area contributed by atoms with Crippen molar-refractivity contribution in [2.24, 2.45) is 0 Å². The fourth-order valence-corrected chi connectivity index (χ4v) is 4.51. The molecule has 0 radical (unpaired) electrons. The number of rotatable bonds is 4. The molecule has 1 aromatic carbocycles. The van der Waals surface area contributed by atoms with Crippen LogP contribution in [0, 0.1) is 11.3 Å². The van der Waals surface area contributed by atoms with Gasteiger partial charge in [0.05, 0.1) is 17.1 Å². The zero-order valence-electron chi connectivity index (χ0n) is 21.1. The highest BCUT2D eigenvalue weighted by molar-refractivity contribution is 5.95. The van der Waals surface area contributed by atoms with Crippen molar-refractivity contribution in [3.05, 3.63) is 66.7 Å². The van der Waals surface area contributed by atoms with Crippen molar-refractivity contribution in [2.45, 2.75) is 45.3 Å². The van der Waals surface area contributed by atoms with E-state index in [4.69, 9.17) is 14.6 Å². The van der Waals surface area contributed by atoms with E-state index < -0.39 is 5.60 Å². The van der Waals surface area contributed by atoms with Crippen LogP contribution in [0.5, 0.6) is 11.5 Å². The second-order valence-corrected chi connectivity index (χ2v) is 10.0. The Labute approximate surface area is 215 Å². The van der Waals surface area contributed by atoms with E-state index in [-0.39, 0.29) is 12.1 Å². The van der Waals surface area contributed by atoms with Gasteiger partial charge in [0.25, 0.3) is 0 Å². The highest BCUT2D eigenvalue weighted by atomic mass is 16.6.